The van der Waals surface area contributed by atoms with E-state index in [4.69, 9.17) is 0 Å². The van der Waals surface area contributed by atoms with Crippen LogP contribution in [0.25, 0.3) is 0 Å². The molecule has 0 N–H and O–H groups in total. The monoisotopic (exact) mass is 204 g/mol. The highest BCUT2D eigenvalue weighted by atomic mass is 16.1. The quantitative estimate of drug-likeness (QED) is 0.558. The van der Waals surface area contributed by atoms with Crippen molar-refractivity contribution >= 4 is 12.1 Å². The van der Waals surface area contributed by atoms with Gasteiger partial charge in [0.1, 0.15) is 6.29 Å². The van der Waals surface area contributed by atoms with Gasteiger partial charge in [-0.2, -0.15) is 0 Å². The van der Waals surface area contributed by atoms with Gasteiger partial charge >= 0.3 is 0 Å². The van der Waals surface area contributed by atoms with Crippen molar-refractivity contribution in [3.05, 3.63) is 34.9 Å². The highest BCUT2D eigenvalue weighted by Gasteiger charge is 2.10. The third-order valence-corrected chi connectivity index (χ3v) is 2.57. The number of benzene rings is 1. The molecule has 80 valence electrons. The summed E-state index contributed by atoms with van der Waals surface area (Å²) in [5, 5.41) is 0. The molecule has 1 aromatic carbocycles. The maximum atomic E-state index is 11.7. The maximum absolute atomic E-state index is 11.7. The lowest BCUT2D eigenvalue weighted by atomic mass is 9.98. The van der Waals surface area contributed by atoms with Gasteiger partial charge in [-0.1, -0.05) is 19.1 Å². The Labute approximate surface area is 90.3 Å². The molecule has 1 atom stereocenters. The van der Waals surface area contributed by atoms with Crippen molar-refractivity contribution in [2.45, 2.75) is 27.2 Å². The van der Waals surface area contributed by atoms with Gasteiger partial charge in [0.2, 0.25) is 0 Å². The van der Waals surface area contributed by atoms with Crippen LogP contribution in [0.2, 0.25) is 0 Å². The fraction of sp³-hybridized carbons (Fsp3) is 0.385. The van der Waals surface area contributed by atoms with Crippen molar-refractivity contribution in [3.8, 4) is 0 Å². The predicted octanol–water partition coefficient (Wildman–Crippen LogP) is 2.71. The number of Topliss-reactive ketones (excluding diaryl/α,β-unsaturated/α-hetero) is 1. The molecule has 0 aromatic heterocycles. The molecule has 0 aliphatic heterocycles. The Morgan fingerprint density at radius 1 is 1.33 bits per heavy atom. The molecular weight excluding hydrogens is 188 g/mol. The van der Waals surface area contributed by atoms with Crippen LogP contribution in [-0.4, -0.2) is 12.1 Å². The largest absolute Gasteiger partial charge is 0.303 e. The van der Waals surface area contributed by atoms with Crippen molar-refractivity contribution in [3.63, 3.8) is 0 Å². The van der Waals surface area contributed by atoms with Gasteiger partial charge in [-0.05, 0) is 31.0 Å². The van der Waals surface area contributed by atoms with E-state index in [1.54, 1.807) is 6.92 Å². The second kappa shape index (κ2) is 4.87. The summed E-state index contributed by atoms with van der Waals surface area (Å²) in [6.07, 6.45) is 1.12. The zero-order valence-corrected chi connectivity index (χ0v) is 9.41. The summed E-state index contributed by atoms with van der Waals surface area (Å²) in [7, 11) is 0. The molecule has 0 aliphatic rings. The number of aryl methyl sites for hydroxylation is 2. The van der Waals surface area contributed by atoms with Gasteiger partial charge in [0, 0.05) is 17.9 Å². The third-order valence-electron chi connectivity index (χ3n) is 2.57. The molecule has 0 amide bonds. The summed E-state index contributed by atoms with van der Waals surface area (Å²) in [4.78, 5) is 22.2. The van der Waals surface area contributed by atoms with Crippen molar-refractivity contribution in [2.24, 2.45) is 5.92 Å². The van der Waals surface area contributed by atoms with Gasteiger partial charge in [-0.3, -0.25) is 4.79 Å². The average Bonchev–Trinajstić information content (AvgIpc) is 2.21. The first-order valence-corrected chi connectivity index (χ1v) is 5.10. The summed E-state index contributed by atoms with van der Waals surface area (Å²) in [6, 6.07) is 5.64. The molecule has 0 saturated heterocycles. The molecule has 0 aliphatic carbocycles. The minimum atomic E-state index is -0.195. The van der Waals surface area contributed by atoms with Crippen molar-refractivity contribution in [1.29, 1.82) is 0 Å². The van der Waals surface area contributed by atoms with Gasteiger partial charge in [-0.15, -0.1) is 0 Å². The van der Waals surface area contributed by atoms with Crippen LogP contribution in [0.5, 0.6) is 0 Å². The molecular formula is C13H16O2. The van der Waals surface area contributed by atoms with E-state index >= 15 is 0 Å². The minimum absolute atomic E-state index is 0.0395. The molecule has 0 radical (unpaired) electrons. The number of rotatable bonds is 4. The summed E-state index contributed by atoms with van der Waals surface area (Å²) in [6.45, 7) is 5.75. The Morgan fingerprint density at radius 2 is 2.00 bits per heavy atom. The second-order valence-electron chi connectivity index (χ2n) is 4.04. The number of carbonyl (C=O) groups excluding carboxylic acids is 2. The Kier molecular flexibility index (Phi) is 3.78. The first kappa shape index (κ1) is 11.6. The summed E-state index contributed by atoms with van der Waals surface area (Å²) >= 11 is 0. The van der Waals surface area contributed by atoms with Crippen LogP contribution < -0.4 is 0 Å². The SMILES string of the molecule is Cc1ccc(C(=O)CC(C)C=O)cc1C. The van der Waals surface area contributed by atoms with E-state index in [0.29, 0.717) is 12.0 Å². The van der Waals surface area contributed by atoms with E-state index in [9.17, 15) is 9.59 Å². The van der Waals surface area contributed by atoms with Gasteiger partial charge in [0.05, 0.1) is 0 Å². The van der Waals surface area contributed by atoms with E-state index in [0.717, 1.165) is 11.8 Å². The number of aldehydes is 1. The van der Waals surface area contributed by atoms with E-state index in [1.165, 1.54) is 5.56 Å². The normalized spacial score (nSPS) is 12.2. The molecule has 2 nitrogen and oxygen atoms in total. The van der Waals surface area contributed by atoms with Gasteiger partial charge < -0.3 is 4.79 Å². The third kappa shape index (κ3) is 3.01. The molecule has 0 bridgehead atoms. The lowest BCUT2D eigenvalue weighted by Crippen LogP contribution is -2.07. The van der Waals surface area contributed by atoms with Crippen LogP contribution in [0.15, 0.2) is 18.2 Å². The number of carbonyl (C=O) groups is 2. The summed E-state index contributed by atoms with van der Waals surface area (Å²) < 4.78 is 0. The Balaban J connectivity index is 2.83. The second-order valence-corrected chi connectivity index (χ2v) is 4.04. The predicted molar refractivity (Wildman–Crippen MR) is 60.1 cm³/mol. The highest BCUT2D eigenvalue weighted by molar-refractivity contribution is 5.97. The number of ketones is 1. The molecule has 0 fully saturated rings. The first-order chi connectivity index (χ1) is 7.04. The van der Waals surface area contributed by atoms with Crippen LogP contribution >= 0.6 is 0 Å². The molecule has 1 aromatic rings. The van der Waals surface area contributed by atoms with Crippen molar-refractivity contribution in [1.82, 2.24) is 0 Å². The van der Waals surface area contributed by atoms with E-state index in [2.05, 4.69) is 0 Å². The Bertz CT molecular complexity index is 380. The van der Waals surface area contributed by atoms with Crippen LogP contribution in [0.1, 0.15) is 34.8 Å². The standard InChI is InChI=1S/C13H16O2/c1-9(8-14)6-13(15)12-5-4-10(2)11(3)7-12/h4-5,7-9H,6H2,1-3H3. The Hall–Kier alpha value is -1.44. The van der Waals surface area contributed by atoms with Gasteiger partial charge in [-0.25, -0.2) is 0 Å². The van der Waals surface area contributed by atoms with Crippen LogP contribution in [0, 0.1) is 19.8 Å². The zero-order chi connectivity index (χ0) is 11.4. The van der Waals surface area contributed by atoms with E-state index in [1.807, 2.05) is 32.0 Å². The van der Waals surface area contributed by atoms with Crippen LogP contribution in [0.4, 0.5) is 0 Å². The van der Waals surface area contributed by atoms with Crippen LogP contribution in [0.3, 0.4) is 0 Å². The lowest BCUT2D eigenvalue weighted by Gasteiger charge is -2.05. The summed E-state index contributed by atoms with van der Waals surface area (Å²) in [5.74, 6) is -0.156. The zero-order valence-electron chi connectivity index (χ0n) is 9.41. The minimum Gasteiger partial charge on any atom is -0.303 e. The number of hydrogen-bond donors (Lipinski definition) is 0. The van der Waals surface area contributed by atoms with Gasteiger partial charge in [0.15, 0.2) is 5.78 Å². The smallest absolute Gasteiger partial charge is 0.163 e. The molecule has 1 rings (SSSR count). The van der Waals surface area contributed by atoms with Gasteiger partial charge in [0.25, 0.3) is 0 Å². The van der Waals surface area contributed by atoms with E-state index in [-0.39, 0.29) is 11.7 Å². The molecule has 2 heteroatoms. The fourth-order valence-corrected chi connectivity index (χ4v) is 1.37. The molecule has 0 heterocycles. The Morgan fingerprint density at radius 3 is 2.53 bits per heavy atom. The number of hydrogen-bond acceptors (Lipinski definition) is 2. The first-order valence-electron chi connectivity index (χ1n) is 5.10. The summed E-state index contributed by atoms with van der Waals surface area (Å²) in [5.41, 5.74) is 2.99. The topological polar surface area (TPSA) is 34.1 Å². The fourth-order valence-electron chi connectivity index (χ4n) is 1.37. The van der Waals surface area contributed by atoms with E-state index < -0.39 is 0 Å². The molecule has 0 saturated carbocycles. The highest BCUT2D eigenvalue weighted by Crippen LogP contribution is 2.13. The van der Waals surface area contributed by atoms with Crippen molar-refractivity contribution < 1.29 is 9.59 Å². The average molecular weight is 204 g/mol. The molecule has 15 heavy (non-hydrogen) atoms. The van der Waals surface area contributed by atoms with Crippen LogP contribution in [-0.2, 0) is 4.79 Å². The lowest BCUT2D eigenvalue weighted by molar-refractivity contribution is -0.110. The molecule has 1 unspecified atom stereocenters. The maximum Gasteiger partial charge on any atom is 0.163 e. The molecule has 0 spiro atoms. The van der Waals surface area contributed by atoms with Crippen molar-refractivity contribution in [2.75, 3.05) is 0 Å².